The SMILES string of the molecule is CCOC(=O)c1cn[nH]c1NS(=O)(=O)c1cc(OCC(F)(F)F)ccc1OCC(F)(F)F. The van der Waals surface area contributed by atoms with Crippen molar-refractivity contribution in [2.24, 2.45) is 0 Å². The molecule has 1 heterocycles. The molecule has 2 aromatic rings. The first-order valence-electron chi connectivity index (χ1n) is 8.48. The monoisotopic (exact) mass is 491 g/mol. The van der Waals surface area contributed by atoms with Crippen LogP contribution in [0.4, 0.5) is 32.2 Å². The normalized spacial score (nSPS) is 12.3. The Hall–Kier alpha value is -3.17. The molecule has 0 unspecified atom stereocenters. The van der Waals surface area contributed by atoms with E-state index in [-0.39, 0.29) is 12.2 Å². The molecule has 0 radical (unpaired) electrons. The lowest BCUT2D eigenvalue weighted by Gasteiger charge is -2.16. The summed E-state index contributed by atoms with van der Waals surface area (Å²) in [4.78, 5) is 10.9. The number of ether oxygens (including phenoxy) is 3. The second kappa shape index (κ2) is 9.54. The van der Waals surface area contributed by atoms with Gasteiger partial charge < -0.3 is 14.2 Å². The van der Waals surface area contributed by atoms with E-state index in [9.17, 15) is 39.6 Å². The smallest absolute Gasteiger partial charge is 0.422 e. The fraction of sp³-hybridized carbons (Fsp3) is 0.375. The van der Waals surface area contributed by atoms with Crippen LogP contribution in [-0.2, 0) is 14.8 Å². The molecule has 0 bridgehead atoms. The highest BCUT2D eigenvalue weighted by Crippen LogP contribution is 2.32. The zero-order valence-corrected chi connectivity index (χ0v) is 16.8. The minimum absolute atomic E-state index is 0.0514. The predicted molar refractivity (Wildman–Crippen MR) is 94.9 cm³/mol. The van der Waals surface area contributed by atoms with Crippen LogP contribution in [0.15, 0.2) is 29.3 Å². The number of nitrogens with zero attached hydrogens (tertiary/aromatic N) is 1. The summed E-state index contributed by atoms with van der Waals surface area (Å²) >= 11 is 0. The zero-order chi connectivity index (χ0) is 24.2. The first-order valence-corrected chi connectivity index (χ1v) is 9.96. The molecule has 0 aliphatic heterocycles. The number of sulfonamides is 1. The summed E-state index contributed by atoms with van der Waals surface area (Å²) < 4.78 is 116. The lowest BCUT2D eigenvalue weighted by Crippen LogP contribution is -2.22. The topological polar surface area (TPSA) is 120 Å². The van der Waals surface area contributed by atoms with Gasteiger partial charge in [0.05, 0.1) is 12.8 Å². The summed E-state index contributed by atoms with van der Waals surface area (Å²) in [5.41, 5.74) is -0.349. The molecule has 16 heteroatoms. The molecule has 0 fully saturated rings. The molecule has 0 spiro atoms. The van der Waals surface area contributed by atoms with Crippen molar-refractivity contribution in [3.05, 3.63) is 30.0 Å². The lowest BCUT2D eigenvalue weighted by atomic mass is 10.3. The van der Waals surface area contributed by atoms with Crippen molar-refractivity contribution >= 4 is 21.8 Å². The number of aromatic nitrogens is 2. The zero-order valence-electron chi connectivity index (χ0n) is 16.0. The van der Waals surface area contributed by atoms with Crippen molar-refractivity contribution in [3.63, 3.8) is 0 Å². The van der Waals surface area contributed by atoms with Gasteiger partial charge in [0, 0.05) is 6.07 Å². The van der Waals surface area contributed by atoms with Gasteiger partial charge >= 0.3 is 18.3 Å². The number of hydrogen-bond donors (Lipinski definition) is 2. The predicted octanol–water partition coefficient (Wildman–Crippen LogP) is 3.27. The van der Waals surface area contributed by atoms with Crippen molar-refractivity contribution in [1.82, 2.24) is 10.2 Å². The minimum atomic E-state index is -4.83. The fourth-order valence-corrected chi connectivity index (χ4v) is 3.35. The summed E-state index contributed by atoms with van der Waals surface area (Å²) in [6.07, 6.45) is -8.66. The van der Waals surface area contributed by atoms with E-state index in [0.29, 0.717) is 12.1 Å². The molecule has 178 valence electrons. The summed E-state index contributed by atoms with van der Waals surface area (Å²) in [7, 11) is -4.81. The number of halogens is 6. The summed E-state index contributed by atoms with van der Waals surface area (Å²) in [6, 6.07) is 2.04. The van der Waals surface area contributed by atoms with E-state index in [1.165, 1.54) is 6.92 Å². The molecule has 0 amide bonds. The highest BCUT2D eigenvalue weighted by atomic mass is 32.2. The van der Waals surface area contributed by atoms with Crippen LogP contribution < -0.4 is 14.2 Å². The number of aromatic amines is 1. The molecule has 0 saturated heterocycles. The second-order valence-electron chi connectivity index (χ2n) is 5.90. The maximum atomic E-state index is 12.8. The molecule has 0 saturated carbocycles. The molecular formula is C16H15F6N3O6S. The number of hydrogen-bond acceptors (Lipinski definition) is 7. The largest absolute Gasteiger partial charge is 0.484 e. The van der Waals surface area contributed by atoms with E-state index in [1.54, 1.807) is 0 Å². The van der Waals surface area contributed by atoms with Crippen molar-refractivity contribution < 1.29 is 53.8 Å². The van der Waals surface area contributed by atoms with Crippen LogP contribution in [0.5, 0.6) is 11.5 Å². The molecule has 1 aromatic carbocycles. The number of anilines is 1. The Bertz CT molecular complexity index is 1050. The molecule has 32 heavy (non-hydrogen) atoms. The summed E-state index contributed by atoms with van der Waals surface area (Å²) in [5.74, 6) is -2.90. The third-order valence-corrected chi connectivity index (χ3v) is 4.74. The molecule has 2 N–H and O–H groups in total. The second-order valence-corrected chi connectivity index (χ2v) is 7.55. The standard InChI is InChI=1S/C16H15F6N3O6S/c1-2-29-14(26)10-6-23-24-13(10)25-32(27,28)12-5-9(30-7-15(17,18)19)3-4-11(12)31-8-16(20,21)22/h3-6H,2,7-8H2,1H3,(H2,23,24,25). The third kappa shape index (κ3) is 7.21. The van der Waals surface area contributed by atoms with Gasteiger partial charge in [-0.25, -0.2) is 13.2 Å². The molecule has 0 aliphatic carbocycles. The van der Waals surface area contributed by atoms with Gasteiger partial charge in [-0.1, -0.05) is 0 Å². The number of esters is 1. The van der Waals surface area contributed by atoms with Crippen LogP contribution in [0.2, 0.25) is 0 Å². The van der Waals surface area contributed by atoms with Gasteiger partial charge in [0.1, 0.15) is 27.8 Å². The molecule has 0 aliphatic rings. The van der Waals surface area contributed by atoms with Crippen molar-refractivity contribution in [1.29, 1.82) is 0 Å². The van der Waals surface area contributed by atoms with Gasteiger partial charge in [-0.3, -0.25) is 9.82 Å². The number of rotatable bonds is 9. The number of carbonyl (C=O) groups excluding carboxylic acids is 1. The quantitative estimate of drug-likeness (QED) is 0.408. The van der Waals surface area contributed by atoms with Crippen molar-refractivity contribution in [2.45, 2.75) is 24.2 Å². The van der Waals surface area contributed by atoms with Gasteiger partial charge in [-0.15, -0.1) is 0 Å². The molecule has 0 atom stereocenters. The first-order chi connectivity index (χ1) is 14.7. The Morgan fingerprint density at radius 3 is 2.31 bits per heavy atom. The summed E-state index contributed by atoms with van der Waals surface area (Å²) in [5, 5.41) is 5.65. The van der Waals surface area contributed by atoms with Crippen LogP contribution in [0.25, 0.3) is 0 Å². The number of benzene rings is 1. The third-order valence-electron chi connectivity index (χ3n) is 3.37. The van der Waals surface area contributed by atoms with E-state index in [1.807, 2.05) is 4.72 Å². The van der Waals surface area contributed by atoms with Crippen molar-refractivity contribution in [3.8, 4) is 11.5 Å². The van der Waals surface area contributed by atoms with Gasteiger partial charge in [0.15, 0.2) is 13.2 Å². The van der Waals surface area contributed by atoms with Gasteiger partial charge in [-0.05, 0) is 19.1 Å². The Morgan fingerprint density at radius 1 is 1.09 bits per heavy atom. The van der Waals surface area contributed by atoms with Gasteiger partial charge in [0.2, 0.25) is 0 Å². The number of carbonyl (C=O) groups is 1. The van der Waals surface area contributed by atoms with Crippen LogP contribution in [0, 0.1) is 0 Å². The summed E-state index contributed by atoms with van der Waals surface area (Å²) in [6.45, 7) is -2.23. The van der Waals surface area contributed by atoms with Crippen molar-refractivity contribution in [2.75, 3.05) is 24.5 Å². The Balaban J connectivity index is 2.41. The molecular weight excluding hydrogens is 476 g/mol. The number of H-pyrrole nitrogens is 1. The number of alkyl halides is 6. The molecule has 9 nitrogen and oxygen atoms in total. The van der Waals surface area contributed by atoms with Crippen LogP contribution in [0.3, 0.4) is 0 Å². The maximum absolute atomic E-state index is 12.8. The average Bonchev–Trinajstić information content (AvgIpc) is 3.11. The van der Waals surface area contributed by atoms with E-state index in [0.717, 1.165) is 12.3 Å². The minimum Gasteiger partial charge on any atom is -0.484 e. The Kier molecular flexibility index (Phi) is 7.48. The van der Waals surface area contributed by atoms with Crippen LogP contribution in [0.1, 0.15) is 17.3 Å². The molecule has 2 rings (SSSR count). The maximum Gasteiger partial charge on any atom is 0.422 e. The Morgan fingerprint density at radius 2 is 1.72 bits per heavy atom. The van der Waals surface area contributed by atoms with E-state index in [4.69, 9.17) is 4.74 Å². The van der Waals surface area contributed by atoms with Gasteiger partial charge in [-0.2, -0.15) is 31.4 Å². The van der Waals surface area contributed by atoms with E-state index in [2.05, 4.69) is 19.7 Å². The van der Waals surface area contributed by atoms with E-state index < -0.39 is 63.8 Å². The lowest BCUT2D eigenvalue weighted by molar-refractivity contribution is -0.154. The van der Waals surface area contributed by atoms with Crippen LogP contribution in [-0.4, -0.2) is 56.8 Å². The fourth-order valence-electron chi connectivity index (χ4n) is 2.15. The van der Waals surface area contributed by atoms with E-state index >= 15 is 0 Å². The van der Waals surface area contributed by atoms with Gasteiger partial charge in [0.25, 0.3) is 10.0 Å². The first kappa shape index (κ1) is 25.1. The number of nitrogens with one attached hydrogen (secondary N) is 2. The average molecular weight is 491 g/mol. The highest BCUT2D eigenvalue weighted by molar-refractivity contribution is 7.92. The Labute approximate surface area is 176 Å². The van der Waals surface area contributed by atoms with Crippen LogP contribution >= 0.6 is 0 Å². The highest BCUT2D eigenvalue weighted by Gasteiger charge is 2.32. The molecule has 1 aromatic heterocycles.